The van der Waals surface area contributed by atoms with E-state index in [2.05, 4.69) is 60.7 Å². The average molecular weight is 271 g/mol. The SMILES string of the molecule is CCNC(CCCc1ccccc1)c1cc(C)nn1C. The first-order chi connectivity index (χ1) is 9.70. The zero-order valence-corrected chi connectivity index (χ0v) is 12.8. The Balaban J connectivity index is 1.94. The molecule has 0 fully saturated rings. The summed E-state index contributed by atoms with van der Waals surface area (Å²) in [5.41, 5.74) is 3.80. The molecular weight excluding hydrogens is 246 g/mol. The third-order valence-corrected chi connectivity index (χ3v) is 3.65. The van der Waals surface area contributed by atoms with Crippen LogP contribution < -0.4 is 5.32 Å². The first kappa shape index (κ1) is 14.8. The third-order valence-electron chi connectivity index (χ3n) is 3.65. The van der Waals surface area contributed by atoms with Gasteiger partial charge in [0.25, 0.3) is 0 Å². The lowest BCUT2D eigenvalue weighted by atomic mass is 10.0. The van der Waals surface area contributed by atoms with Crippen LogP contribution in [0.3, 0.4) is 0 Å². The second-order valence-electron chi connectivity index (χ2n) is 5.32. The molecule has 1 aromatic heterocycles. The molecule has 0 aliphatic rings. The van der Waals surface area contributed by atoms with Crippen molar-refractivity contribution in [1.29, 1.82) is 0 Å². The second kappa shape index (κ2) is 7.25. The van der Waals surface area contributed by atoms with Gasteiger partial charge in [0.1, 0.15) is 0 Å². The molecule has 0 bridgehead atoms. The molecule has 0 aliphatic carbocycles. The smallest absolute Gasteiger partial charge is 0.0597 e. The zero-order chi connectivity index (χ0) is 14.4. The Labute approximate surface area is 122 Å². The number of hydrogen-bond acceptors (Lipinski definition) is 2. The quantitative estimate of drug-likeness (QED) is 0.836. The fraction of sp³-hybridized carbons (Fsp3) is 0.471. The summed E-state index contributed by atoms with van der Waals surface area (Å²) in [6.45, 7) is 5.20. The standard InChI is InChI=1S/C17H25N3/c1-4-18-16(17-13-14(2)19-20(17)3)12-8-11-15-9-6-5-7-10-15/h5-7,9-10,13,16,18H,4,8,11-12H2,1-3H3. The van der Waals surface area contributed by atoms with Crippen molar-refractivity contribution in [3.05, 3.63) is 53.3 Å². The summed E-state index contributed by atoms with van der Waals surface area (Å²) in [5, 5.41) is 8.04. The van der Waals surface area contributed by atoms with Crippen molar-refractivity contribution in [3.8, 4) is 0 Å². The summed E-state index contributed by atoms with van der Waals surface area (Å²) >= 11 is 0. The van der Waals surface area contributed by atoms with E-state index in [4.69, 9.17) is 0 Å². The molecule has 108 valence electrons. The van der Waals surface area contributed by atoms with Crippen LogP contribution in [0.4, 0.5) is 0 Å². The largest absolute Gasteiger partial charge is 0.309 e. The summed E-state index contributed by atoms with van der Waals surface area (Å²) in [6, 6.07) is 13.3. The maximum Gasteiger partial charge on any atom is 0.0597 e. The minimum atomic E-state index is 0.398. The van der Waals surface area contributed by atoms with Gasteiger partial charge in [-0.05, 0) is 44.4 Å². The van der Waals surface area contributed by atoms with Crippen LogP contribution in [0.2, 0.25) is 0 Å². The monoisotopic (exact) mass is 271 g/mol. The van der Waals surface area contributed by atoms with E-state index in [1.165, 1.54) is 17.7 Å². The highest BCUT2D eigenvalue weighted by Gasteiger charge is 2.14. The summed E-state index contributed by atoms with van der Waals surface area (Å²) in [5.74, 6) is 0. The lowest BCUT2D eigenvalue weighted by Crippen LogP contribution is -2.23. The zero-order valence-electron chi connectivity index (χ0n) is 12.8. The lowest BCUT2D eigenvalue weighted by molar-refractivity contribution is 0.467. The molecule has 0 saturated heterocycles. The summed E-state index contributed by atoms with van der Waals surface area (Å²) in [7, 11) is 2.03. The van der Waals surface area contributed by atoms with Gasteiger partial charge in [-0.15, -0.1) is 0 Å². The number of nitrogens with zero attached hydrogens (tertiary/aromatic N) is 2. The van der Waals surface area contributed by atoms with Crippen molar-refractivity contribution in [1.82, 2.24) is 15.1 Å². The van der Waals surface area contributed by atoms with Gasteiger partial charge in [-0.2, -0.15) is 5.10 Å². The predicted molar refractivity (Wildman–Crippen MR) is 83.7 cm³/mol. The van der Waals surface area contributed by atoms with Gasteiger partial charge in [0.05, 0.1) is 11.4 Å². The average Bonchev–Trinajstić information content (AvgIpc) is 2.78. The third kappa shape index (κ3) is 3.94. The number of nitrogens with one attached hydrogen (secondary N) is 1. The minimum absolute atomic E-state index is 0.398. The number of benzene rings is 1. The van der Waals surface area contributed by atoms with E-state index in [9.17, 15) is 0 Å². The van der Waals surface area contributed by atoms with Crippen LogP contribution in [-0.4, -0.2) is 16.3 Å². The molecule has 0 spiro atoms. The lowest BCUT2D eigenvalue weighted by Gasteiger charge is -2.18. The molecule has 0 radical (unpaired) electrons. The van der Waals surface area contributed by atoms with Gasteiger partial charge in [-0.3, -0.25) is 4.68 Å². The highest BCUT2D eigenvalue weighted by Crippen LogP contribution is 2.20. The predicted octanol–water partition coefficient (Wildman–Crippen LogP) is 3.40. The number of aryl methyl sites for hydroxylation is 3. The molecule has 1 N–H and O–H groups in total. The molecule has 1 heterocycles. The molecule has 2 aromatic rings. The van der Waals surface area contributed by atoms with E-state index in [1.807, 2.05) is 11.7 Å². The van der Waals surface area contributed by atoms with Gasteiger partial charge in [0.15, 0.2) is 0 Å². The Bertz CT molecular complexity index is 516. The second-order valence-corrected chi connectivity index (χ2v) is 5.32. The van der Waals surface area contributed by atoms with Crippen molar-refractivity contribution < 1.29 is 0 Å². The van der Waals surface area contributed by atoms with Crippen LogP contribution >= 0.6 is 0 Å². The highest BCUT2D eigenvalue weighted by molar-refractivity contribution is 5.15. The van der Waals surface area contributed by atoms with Crippen LogP contribution in [0.5, 0.6) is 0 Å². The molecule has 20 heavy (non-hydrogen) atoms. The van der Waals surface area contributed by atoms with Gasteiger partial charge in [-0.25, -0.2) is 0 Å². The van der Waals surface area contributed by atoms with E-state index in [0.717, 1.165) is 25.1 Å². The topological polar surface area (TPSA) is 29.9 Å². The van der Waals surface area contributed by atoms with Gasteiger partial charge in [0.2, 0.25) is 0 Å². The summed E-state index contributed by atoms with van der Waals surface area (Å²) in [6.07, 6.45) is 3.47. The Morgan fingerprint density at radius 1 is 1.25 bits per heavy atom. The van der Waals surface area contributed by atoms with Crippen LogP contribution in [-0.2, 0) is 13.5 Å². The molecule has 3 nitrogen and oxygen atoms in total. The van der Waals surface area contributed by atoms with Crippen LogP contribution in [0, 0.1) is 6.92 Å². The van der Waals surface area contributed by atoms with Crippen molar-refractivity contribution >= 4 is 0 Å². The minimum Gasteiger partial charge on any atom is -0.309 e. The van der Waals surface area contributed by atoms with Crippen molar-refractivity contribution in [3.63, 3.8) is 0 Å². The summed E-state index contributed by atoms with van der Waals surface area (Å²) < 4.78 is 2.01. The molecule has 1 unspecified atom stereocenters. The van der Waals surface area contributed by atoms with Crippen LogP contribution in [0.25, 0.3) is 0 Å². The Morgan fingerprint density at radius 3 is 2.60 bits per heavy atom. The van der Waals surface area contributed by atoms with Gasteiger partial charge >= 0.3 is 0 Å². The molecule has 2 rings (SSSR count). The van der Waals surface area contributed by atoms with E-state index in [1.54, 1.807) is 0 Å². The van der Waals surface area contributed by atoms with Crippen molar-refractivity contribution in [2.45, 2.75) is 39.2 Å². The van der Waals surface area contributed by atoms with E-state index >= 15 is 0 Å². The molecule has 0 amide bonds. The molecule has 3 heteroatoms. The van der Waals surface area contributed by atoms with Gasteiger partial charge in [0, 0.05) is 13.1 Å². The van der Waals surface area contributed by atoms with Crippen LogP contribution in [0.1, 0.15) is 42.8 Å². The van der Waals surface area contributed by atoms with Crippen LogP contribution in [0.15, 0.2) is 36.4 Å². The Kier molecular flexibility index (Phi) is 5.36. The number of hydrogen-bond donors (Lipinski definition) is 1. The van der Waals surface area contributed by atoms with E-state index < -0.39 is 0 Å². The Morgan fingerprint density at radius 2 is 2.00 bits per heavy atom. The van der Waals surface area contributed by atoms with Crippen molar-refractivity contribution in [2.75, 3.05) is 6.54 Å². The molecule has 0 saturated carbocycles. The normalized spacial score (nSPS) is 12.6. The fourth-order valence-corrected chi connectivity index (χ4v) is 2.71. The number of aromatic nitrogens is 2. The highest BCUT2D eigenvalue weighted by atomic mass is 15.3. The van der Waals surface area contributed by atoms with Gasteiger partial charge < -0.3 is 5.32 Å². The molecule has 0 aliphatic heterocycles. The van der Waals surface area contributed by atoms with Gasteiger partial charge in [-0.1, -0.05) is 37.3 Å². The maximum atomic E-state index is 4.46. The first-order valence-corrected chi connectivity index (χ1v) is 7.48. The molecule has 1 aromatic carbocycles. The Hall–Kier alpha value is -1.61. The van der Waals surface area contributed by atoms with E-state index in [0.29, 0.717) is 6.04 Å². The van der Waals surface area contributed by atoms with Crippen molar-refractivity contribution in [2.24, 2.45) is 7.05 Å². The van der Waals surface area contributed by atoms with E-state index in [-0.39, 0.29) is 0 Å². The first-order valence-electron chi connectivity index (χ1n) is 7.48. The molecular formula is C17H25N3. The summed E-state index contributed by atoms with van der Waals surface area (Å²) in [4.78, 5) is 0. The fourth-order valence-electron chi connectivity index (χ4n) is 2.71. The molecule has 1 atom stereocenters. The number of rotatable bonds is 7. The maximum absolute atomic E-state index is 4.46.